The zero-order valence-corrected chi connectivity index (χ0v) is 13.7. The minimum absolute atomic E-state index is 0.0240. The molecule has 0 aromatic heterocycles. The standard InChI is InChI=1S/C15H22N2O6/c1-15(2,3)23-14(19)16-12(13(18)22-4)9-10-5-7-11(8-6-10)17(20)21/h5,7-8,10,12H,6,9H2,1-4H3,(H,16,19). The number of carbonyl (C=O) groups excluding carboxylic acids is 2. The molecule has 0 bridgehead atoms. The molecule has 0 saturated carbocycles. The molecule has 8 heteroatoms. The van der Waals surface area contributed by atoms with E-state index in [-0.39, 0.29) is 18.0 Å². The molecule has 1 amide bonds. The van der Waals surface area contributed by atoms with Gasteiger partial charge in [-0.2, -0.15) is 0 Å². The molecule has 0 heterocycles. The predicted octanol–water partition coefficient (Wildman–Crippen LogP) is 2.18. The molecular formula is C15H22N2O6. The molecule has 2 atom stereocenters. The van der Waals surface area contributed by atoms with Gasteiger partial charge < -0.3 is 14.8 Å². The number of nitrogens with one attached hydrogen (secondary N) is 1. The first-order chi connectivity index (χ1) is 10.6. The Kier molecular flexibility index (Phi) is 6.29. The highest BCUT2D eigenvalue weighted by atomic mass is 16.6. The van der Waals surface area contributed by atoms with Crippen LogP contribution in [0.1, 0.15) is 33.6 Å². The number of hydrogen-bond acceptors (Lipinski definition) is 6. The summed E-state index contributed by atoms with van der Waals surface area (Å²) in [5.41, 5.74) is -0.658. The van der Waals surface area contributed by atoms with Crippen LogP contribution in [0.2, 0.25) is 0 Å². The van der Waals surface area contributed by atoms with Crippen molar-refractivity contribution < 1.29 is 24.0 Å². The Balaban J connectivity index is 2.67. The van der Waals surface area contributed by atoms with Crippen LogP contribution >= 0.6 is 0 Å². The molecule has 8 nitrogen and oxygen atoms in total. The number of carbonyl (C=O) groups is 2. The number of methoxy groups -OCH3 is 1. The van der Waals surface area contributed by atoms with Gasteiger partial charge in [0.2, 0.25) is 0 Å². The molecule has 2 unspecified atom stereocenters. The monoisotopic (exact) mass is 326 g/mol. The fourth-order valence-corrected chi connectivity index (χ4v) is 2.07. The van der Waals surface area contributed by atoms with Gasteiger partial charge in [0.15, 0.2) is 0 Å². The normalized spacial score (nSPS) is 18.6. The summed E-state index contributed by atoms with van der Waals surface area (Å²) in [5.74, 6) is -0.703. The zero-order chi connectivity index (χ0) is 17.6. The van der Waals surface area contributed by atoms with Crippen molar-refractivity contribution in [3.8, 4) is 0 Å². The third-order valence-corrected chi connectivity index (χ3v) is 3.09. The van der Waals surface area contributed by atoms with Gasteiger partial charge in [-0.25, -0.2) is 9.59 Å². The number of amides is 1. The molecule has 1 rings (SSSR count). The molecule has 0 aliphatic heterocycles. The Morgan fingerprint density at radius 3 is 2.57 bits per heavy atom. The van der Waals surface area contributed by atoms with Crippen molar-refractivity contribution in [1.29, 1.82) is 0 Å². The van der Waals surface area contributed by atoms with Crippen molar-refractivity contribution in [3.05, 3.63) is 34.0 Å². The minimum atomic E-state index is -0.880. The van der Waals surface area contributed by atoms with Gasteiger partial charge in [0.05, 0.1) is 12.0 Å². The van der Waals surface area contributed by atoms with Gasteiger partial charge in [-0.3, -0.25) is 10.1 Å². The number of nitrogens with zero attached hydrogens (tertiary/aromatic N) is 1. The van der Waals surface area contributed by atoms with Gasteiger partial charge in [0, 0.05) is 6.08 Å². The molecule has 0 aromatic rings. The van der Waals surface area contributed by atoms with E-state index in [1.54, 1.807) is 26.8 Å². The topological polar surface area (TPSA) is 108 Å². The number of rotatable bonds is 5. The van der Waals surface area contributed by atoms with Crippen LogP contribution in [0.4, 0.5) is 4.79 Å². The van der Waals surface area contributed by atoms with E-state index in [9.17, 15) is 19.7 Å². The van der Waals surface area contributed by atoms with E-state index in [0.717, 1.165) is 0 Å². The third-order valence-electron chi connectivity index (χ3n) is 3.09. The molecule has 0 saturated heterocycles. The number of allylic oxidation sites excluding steroid dienone is 3. The SMILES string of the molecule is COC(=O)C(CC1C=CC([N+](=O)[O-])=CC1)NC(=O)OC(C)(C)C. The van der Waals surface area contributed by atoms with E-state index in [0.29, 0.717) is 6.42 Å². The Morgan fingerprint density at radius 1 is 1.48 bits per heavy atom. The minimum Gasteiger partial charge on any atom is -0.467 e. The Morgan fingerprint density at radius 2 is 2.13 bits per heavy atom. The Labute approximate surface area is 134 Å². The quantitative estimate of drug-likeness (QED) is 0.471. The van der Waals surface area contributed by atoms with Crippen molar-refractivity contribution >= 4 is 12.1 Å². The summed E-state index contributed by atoms with van der Waals surface area (Å²) in [7, 11) is 1.23. The lowest BCUT2D eigenvalue weighted by Gasteiger charge is -2.24. The molecule has 1 aliphatic rings. The molecular weight excluding hydrogens is 304 g/mol. The Hall–Kier alpha value is -2.38. The van der Waals surface area contributed by atoms with Crippen LogP contribution in [-0.2, 0) is 14.3 Å². The second kappa shape index (κ2) is 7.75. The van der Waals surface area contributed by atoms with E-state index in [1.807, 2.05) is 0 Å². The van der Waals surface area contributed by atoms with E-state index in [4.69, 9.17) is 4.74 Å². The average Bonchev–Trinajstić information content (AvgIpc) is 2.44. The van der Waals surface area contributed by atoms with Crippen LogP contribution in [0.3, 0.4) is 0 Å². The molecule has 0 radical (unpaired) electrons. The van der Waals surface area contributed by atoms with Gasteiger partial charge in [-0.1, -0.05) is 6.08 Å². The molecule has 0 fully saturated rings. The highest BCUT2D eigenvalue weighted by Crippen LogP contribution is 2.22. The molecule has 0 aromatic carbocycles. The maximum absolute atomic E-state index is 11.8. The lowest BCUT2D eigenvalue weighted by molar-refractivity contribution is -0.419. The first kappa shape index (κ1) is 18.7. The summed E-state index contributed by atoms with van der Waals surface area (Å²) in [5, 5.41) is 13.1. The smallest absolute Gasteiger partial charge is 0.408 e. The summed E-state index contributed by atoms with van der Waals surface area (Å²) in [6.07, 6.45) is 4.52. The summed E-state index contributed by atoms with van der Waals surface area (Å²) in [6.45, 7) is 5.15. The van der Waals surface area contributed by atoms with Gasteiger partial charge in [-0.15, -0.1) is 0 Å². The summed E-state index contributed by atoms with van der Waals surface area (Å²) in [6, 6.07) is -0.880. The van der Waals surface area contributed by atoms with Crippen molar-refractivity contribution in [2.75, 3.05) is 7.11 Å². The molecule has 1 N–H and O–H groups in total. The maximum Gasteiger partial charge on any atom is 0.408 e. The lowest BCUT2D eigenvalue weighted by Crippen LogP contribution is -2.45. The van der Waals surface area contributed by atoms with E-state index >= 15 is 0 Å². The highest BCUT2D eigenvalue weighted by Gasteiger charge is 2.28. The zero-order valence-electron chi connectivity index (χ0n) is 13.7. The maximum atomic E-state index is 11.8. The van der Waals surface area contributed by atoms with Crippen molar-refractivity contribution in [2.45, 2.75) is 45.3 Å². The van der Waals surface area contributed by atoms with E-state index < -0.39 is 28.6 Å². The number of nitro groups is 1. The number of esters is 1. The fourth-order valence-electron chi connectivity index (χ4n) is 2.07. The number of ether oxygens (including phenoxy) is 2. The van der Waals surface area contributed by atoms with Crippen LogP contribution in [-0.4, -0.2) is 35.7 Å². The third kappa shape index (κ3) is 6.50. The molecule has 23 heavy (non-hydrogen) atoms. The largest absolute Gasteiger partial charge is 0.467 e. The molecule has 1 aliphatic carbocycles. The highest BCUT2D eigenvalue weighted by molar-refractivity contribution is 5.81. The summed E-state index contributed by atoms with van der Waals surface area (Å²) in [4.78, 5) is 33.8. The van der Waals surface area contributed by atoms with Gasteiger partial charge in [0.1, 0.15) is 11.6 Å². The van der Waals surface area contributed by atoms with Crippen LogP contribution in [0.15, 0.2) is 23.9 Å². The Bertz CT molecular complexity index is 533. The van der Waals surface area contributed by atoms with Crippen LogP contribution < -0.4 is 5.32 Å². The number of hydrogen-bond donors (Lipinski definition) is 1. The first-order valence-electron chi connectivity index (χ1n) is 7.22. The van der Waals surface area contributed by atoms with Gasteiger partial charge >= 0.3 is 12.1 Å². The number of alkyl carbamates (subject to hydrolysis) is 1. The first-order valence-corrected chi connectivity index (χ1v) is 7.22. The summed E-state index contributed by atoms with van der Waals surface area (Å²) >= 11 is 0. The van der Waals surface area contributed by atoms with Crippen LogP contribution in [0.5, 0.6) is 0 Å². The van der Waals surface area contributed by atoms with Crippen LogP contribution in [0.25, 0.3) is 0 Å². The van der Waals surface area contributed by atoms with Gasteiger partial charge in [-0.05, 0) is 45.6 Å². The van der Waals surface area contributed by atoms with Gasteiger partial charge in [0.25, 0.3) is 5.70 Å². The molecule has 0 spiro atoms. The fraction of sp³-hybridized carbons (Fsp3) is 0.600. The summed E-state index contributed by atoms with van der Waals surface area (Å²) < 4.78 is 9.81. The second-order valence-electron chi connectivity index (χ2n) is 6.20. The predicted molar refractivity (Wildman–Crippen MR) is 82.1 cm³/mol. The van der Waals surface area contributed by atoms with Crippen molar-refractivity contribution in [2.24, 2.45) is 5.92 Å². The van der Waals surface area contributed by atoms with Crippen molar-refractivity contribution in [1.82, 2.24) is 5.32 Å². The van der Waals surface area contributed by atoms with E-state index in [2.05, 4.69) is 10.1 Å². The average molecular weight is 326 g/mol. The second-order valence-corrected chi connectivity index (χ2v) is 6.20. The lowest BCUT2D eigenvalue weighted by atomic mass is 9.92. The van der Waals surface area contributed by atoms with Crippen LogP contribution in [0, 0.1) is 16.0 Å². The molecule has 128 valence electrons. The van der Waals surface area contributed by atoms with Crippen molar-refractivity contribution in [3.63, 3.8) is 0 Å². The van der Waals surface area contributed by atoms with E-state index in [1.165, 1.54) is 19.3 Å².